The summed E-state index contributed by atoms with van der Waals surface area (Å²) in [6.07, 6.45) is 0. The van der Waals surface area contributed by atoms with E-state index in [2.05, 4.69) is 41.2 Å². The molecule has 2 aromatic carbocycles. The molecule has 142 valence electrons. The molecule has 0 amide bonds. The Labute approximate surface area is 163 Å². The molecule has 1 aromatic heterocycles. The third-order valence-corrected chi connectivity index (χ3v) is 4.49. The van der Waals surface area contributed by atoms with E-state index in [1.807, 2.05) is 19.2 Å². The molecule has 0 N–H and O–H groups in total. The molecule has 0 unspecified atom stereocenters. The van der Waals surface area contributed by atoms with Gasteiger partial charge in [0, 0.05) is 12.6 Å². The van der Waals surface area contributed by atoms with Crippen molar-refractivity contribution in [3.63, 3.8) is 0 Å². The van der Waals surface area contributed by atoms with Crippen molar-refractivity contribution in [2.75, 3.05) is 21.3 Å². The highest BCUT2D eigenvalue weighted by Gasteiger charge is 2.15. The number of nitrogens with zero attached hydrogens (tertiary/aromatic N) is 3. The number of benzene rings is 2. The fourth-order valence-corrected chi connectivity index (χ4v) is 2.94. The maximum atomic E-state index is 5.70. The van der Waals surface area contributed by atoms with Crippen LogP contribution in [0.15, 0.2) is 46.9 Å². The second-order valence-electron chi connectivity index (χ2n) is 6.38. The highest BCUT2D eigenvalue weighted by Crippen LogP contribution is 2.32. The molecule has 0 radical (unpaired) electrons. The van der Waals surface area contributed by atoms with Gasteiger partial charge >= 0.3 is 0 Å². The molecule has 27 heavy (non-hydrogen) atoms. The first-order chi connectivity index (χ1) is 13.0. The molecule has 0 saturated carbocycles. The summed E-state index contributed by atoms with van der Waals surface area (Å²) < 4.78 is 18.0. The van der Waals surface area contributed by atoms with E-state index in [0.717, 1.165) is 12.1 Å². The van der Waals surface area contributed by atoms with Crippen LogP contribution in [0.3, 0.4) is 0 Å². The summed E-state index contributed by atoms with van der Waals surface area (Å²) in [5.41, 5.74) is 3.21. The van der Waals surface area contributed by atoms with Crippen molar-refractivity contribution in [1.82, 2.24) is 14.7 Å². The van der Waals surface area contributed by atoms with Crippen LogP contribution in [0.25, 0.3) is 11.5 Å². The second-order valence-corrected chi connectivity index (χ2v) is 6.73. The number of ether oxygens (including phenoxy) is 2. The molecular formula is C20H23N3O3S. The topological polar surface area (TPSA) is 52.7 Å². The Morgan fingerprint density at radius 1 is 1.11 bits per heavy atom. The number of aromatic nitrogens is 2. The molecular weight excluding hydrogens is 362 g/mol. The molecule has 3 rings (SSSR count). The Hall–Kier alpha value is -2.64. The van der Waals surface area contributed by atoms with Gasteiger partial charge in [-0.2, -0.15) is 0 Å². The van der Waals surface area contributed by atoms with Crippen molar-refractivity contribution < 1.29 is 13.9 Å². The van der Waals surface area contributed by atoms with Crippen molar-refractivity contribution in [2.45, 2.75) is 20.1 Å². The SMILES string of the molecule is COc1ccc(-c2nn(CN(C)Cc3ccc(C)cc3)c(=S)o2)c(OC)c1. The summed E-state index contributed by atoms with van der Waals surface area (Å²) in [4.78, 5) is 2.44. The molecule has 1 heterocycles. The van der Waals surface area contributed by atoms with Crippen LogP contribution in [0.4, 0.5) is 0 Å². The van der Waals surface area contributed by atoms with Crippen LogP contribution in [0.1, 0.15) is 11.1 Å². The lowest BCUT2D eigenvalue weighted by molar-refractivity contribution is 0.240. The Bertz CT molecular complexity index is 963. The highest BCUT2D eigenvalue weighted by molar-refractivity contribution is 7.71. The second kappa shape index (κ2) is 8.37. The first-order valence-electron chi connectivity index (χ1n) is 8.54. The minimum Gasteiger partial charge on any atom is -0.497 e. The summed E-state index contributed by atoms with van der Waals surface area (Å²) in [7, 11) is 5.22. The molecule has 0 fully saturated rings. The maximum Gasteiger partial charge on any atom is 0.288 e. The molecule has 0 aliphatic heterocycles. The van der Waals surface area contributed by atoms with E-state index in [-0.39, 0.29) is 0 Å². The summed E-state index contributed by atoms with van der Waals surface area (Å²) in [5, 5.41) is 4.52. The largest absolute Gasteiger partial charge is 0.497 e. The molecule has 0 aliphatic carbocycles. The zero-order valence-electron chi connectivity index (χ0n) is 15.9. The quantitative estimate of drug-likeness (QED) is 0.566. The van der Waals surface area contributed by atoms with E-state index in [9.17, 15) is 0 Å². The van der Waals surface area contributed by atoms with Crippen molar-refractivity contribution in [2.24, 2.45) is 0 Å². The Morgan fingerprint density at radius 3 is 2.52 bits per heavy atom. The van der Waals surface area contributed by atoms with Gasteiger partial charge in [0.05, 0.1) is 26.5 Å². The minimum absolute atomic E-state index is 0.318. The Morgan fingerprint density at radius 2 is 1.85 bits per heavy atom. The van der Waals surface area contributed by atoms with Crippen LogP contribution in [0.5, 0.6) is 11.5 Å². The summed E-state index contributed by atoms with van der Waals surface area (Å²) >= 11 is 5.34. The van der Waals surface area contributed by atoms with E-state index < -0.39 is 0 Å². The van der Waals surface area contributed by atoms with Crippen LogP contribution in [0, 0.1) is 11.8 Å². The van der Waals surface area contributed by atoms with Gasteiger partial charge in [-0.1, -0.05) is 29.8 Å². The van der Waals surface area contributed by atoms with E-state index in [1.165, 1.54) is 11.1 Å². The summed E-state index contributed by atoms with van der Waals surface area (Å²) in [5.74, 6) is 1.74. The third-order valence-electron chi connectivity index (χ3n) is 4.19. The zero-order valence-corrected chi connectivity index (χ0v) is 16.7. The van der Waals surface area contributed by atoms with Crippen LogP contribution in [0.2, 0.25) is 0 Å². The Kier molecular flexibility index (Phi) is 5.93. The first kappa shape index (κ1) is 19.1. The monoisotopic (exact) mass is 385 g/mol. The van der Waals surface area contributed by atoms with Crippen LogP contribution in [-0.2, 0) is 13.2 Å². The summed E-state index contributed by atoms with van der Waals surface area (Å²) in [6, 6.07) is 13.9. The number of aryl methyl sites for hydroxylation is 1. The summed E-state index contributed by atoms with van der Waals surface area (Å²) in [6.45, 7) is 3.39. The van der Waals surface area contributed by atoms with E-state index >= 15 is 0 Å². The average molecular weight is 385 g/mol. The standard InChI is InChI=1S/C20H23N3O3S/c1-14-5-7-15(8-6-14)12-22(2)13-23-20(27)26-19(21-23)17-10-9-16(24-3)11-18(17)25-4/h5-11H,12-13H2,1-4H3. The molecule has 0 saturated heterocycles. The minimum atomic E-state index is 0.318. The number of hydrogen-bond donors (Lipinski definition) is 0. The Balaban J connectivity index is 1.78. The van der Waals surface area contributed by atoms with Crippen LogP contribution < -0.4 is 9.47 Å². The van der Waals surface area contributed by atoms with Gasteiger partial charge < -0.3 is 13.9 Å². The molecule has 0 atom stereocenters. The normalized spacial score (nSPS) is 11.0. The first-order valence-corrected chi connectivity index (χ1v) is 8.95. The number of rotatable bonds is 7. The molecule has 3 aromatic rings. The molecule has 6 nitrogen and oxygen atoms in total. The predicted octanol–water partition coefficient (Wildman–Crippen LogP) is 4.29. The predicted molar refractivity (Wildman–Crippen MR) is 107 cm³/mol. The fraction of sp³-hybridized carbons (Fsp3) is 0.300. The van der Waals surface area contributed by atoms with Gasteiger partial charge in [0.1, 0.15) is 11.5 Å². The van der Waals surface area contributed by atoms with Gasteiger partial charge in [-0.15, -0.1) is 5.10 Å². The van der Waals surface area contributed by atoms with Crippen molar-refractivity contribution in [3.8, 4) is 23.0 Å². The lowest BCUT2D eigenvalue weighted by atomic mass is 10.1. The van der Waals surface area contributed by atoms with E-state index in [4.69, 9.17) is 26.1 Å². The lowest BCUT2D eigenvalue weighted by Crippen LogP contribution is -2.22. The third kappa shape index (κ3) is 4.56. The van der Waals surface area contributed by atoms with Gasteiger partial charge in [-0.3, -0.25) is 4.90 Å². The van der Waals surface area contributed by atoms with Gasteiger partial charge in [0.15, 0.2) is 0 Å². The van der Waals surface area contributed by atoms with Gasteiger partial charge in [-0.05, 0) is 43.9 Å². The van der Waals surface area contributed by atoms with Crippen LogP contribution in [-0.4, -0.2) is 35.9 Å². The molecule has 0 spiro atoms. The fourth-order valence-electron chi connectivity index (χ4n) is 2.76. The molecule has 0 aliphatic rings. The highest BCUT2D eigenvalue weighted by atomic mass is 32.1. The maximum absolute atomic E-state index is 5.70. The van der Waals surface area contributed by atoms with Crippen molar-refractivity contribution in [3.05, 3.63) is 58.4 Å². The van der Waals surface area contributed by atoms with Crippen LogP contribution >= 0.6 is 12.2 Å². The lowest BCUT2D eigenvalue weighted by Gasteiger charge is -2.16. The van der Waals surface area contributed by atoms with Gasteiger partial charge in [0.25, 0.3) is 10.7 Å². The van der Waals surface area contributed by atoms with E-state index in [0.29, 0.717) is 28.9 Å². The number of methoxy groups -OCH3 is 2. The zero-order chi connectivity index (χ0) is 19.4. The van der Waals surface area contributed by atoms with E-state index in [1.54, 1.807) is 25.0 Å². The number of hydrogen-bond acceptors (Lipinski definition) is 6. The smallest absolute Gasteiger partial charge is 0.288 e. The van der Waals surface area contributed by atoms with Gasteiger partial charge in [0.2, 0.25) is 0 Å². The molecule has 7 heteroatoms. The molecule has 0 bridgehead atoms. The van der Waals surface area contributed by atoms with Crippen molar-refractivity contribution in [1.29, 1.82) is 0 Å². The van der Waals surface area contributed by atoms with Crippen molar-refractivity contribution >= 4 is 12.2 Å². The average Bonchev–Trinajstić information content (AvgIpc) is 3.03. The van der Waals surface area contributed by atoms with Gasteiger partial charge in [-0.25, -0.2) is 4.68 Å².